The summed E-state index contributed by atoms with van der Waals surface area (Å²) in [5.41, 5.74) is 5.40. The lowest BCUT2D eigenvalue weighted by Gasteiger charge is -2.10. The Morgan fingerprint density at radius 2 is 1.21 bits per heavy atom. The molecule has 0 N–H and O–H groups in total. The molecule has 0 aliphatic carbocycles. The summed E-state index contributed by atoms with van der Waals surface area (Å²) in [5.74, 6) is 0. The van der Waals surface area contributed by atoms with Gasteiger partial charge < -0.3 is 4.90 Å². The van der Waals surface area contributed by atoms with Gasteiger partial charge in [0.05, 0.1) is 0 Å². The quantitative estimate of drug-likeness (QED) is 0.778. The van der Waals surface area contributed by atoms with E-state index in [4.69, 9.17) is 0 Å². The maximum atomic E-state index is 2.24. The minimum Gasteiger partial charge on any atom is -0.309 e. The van der Waals surface area contributed by atoms with E-state index in [9.17, 15) is 0 Å². The lowest BCUT2D eigenvalue weighted by atomic mass is 10.0. The van der Waals surface area contributed by atoms with Gasteiger partial charge in [-0.2, -0.15) is 0 Å². The van der Waals surface area contributed by atoms with Crippen LogP contribution >= 0.6 is 0 Å². The van der Waals surface area contributed by atoms with Crippen LogP contribution < -0.4 is 0 Å². The Kier molecular flexibility index (Phi) is 4.75. The highest BCUT2D eigenvalue weighted by atomic mass is 15.0. The van der Waals surface area contributed by atoms with Crippen molar-refractivity contribution in [2.24, 2.45) is 0 Å². The third-order valence-corrected chi connectivity index (χ3v) is 3.50. The minimum atomic E-state index is 1.10. The molecule has 0 aliphatic heterocycles. The van der Waals surface area contributed by atoms with Crippen molar-refractivity contribution >= 4 is 0 Å². The third-order valence-electron chi connectivity index (χ3n) is 3.50. The summed E-state index contributed by atoms with van der Waals surface area (Å²) in [6.45, 7) is 3.29. The second-order valence-electron chi connectivity index (χ2n) is 5.30. The smallest absolute Gasteiger partial charge is 0.00157 e. The SMILES string of the molecule is CCc1ccc(-c2ccc(CCN(C)C)cc2)cc1. The molecule has 2 aromatic carbocycles. The zero-order chi connectivity index (χ0) is 13.7. The monoisotopic (exact) mass is 253 g/mol. The standard InChI is InChI=1S/C18H23N/c1-4-15-5-9-17(10-6-15)18-11-7-16(8-12-18)13-14-19(2)3/h5-12H,4,13-14H2,1-3H3. The molecule has 0 radical (unpaired) electrons. The Hall–Kier alpha value is -1.60. The van der Waals surface area contributed by atoms with Crippen LogP contribution in [0.4, 0.5) is 0 Å². The van der Waals surface area contributed by atoms with Crippen molar-refractivity contribution in [3.05, 3.63) is 59.7 Å². The maximum Gasteiger partial charge on any atom is 0.00157 e. The molecule has 1 nitrogen and oxygen atoms in total. The summed E-state index contributed by atoms with van der Waals surface area (Å²) in [6.07, 6.45) is 2.21. The predicted octanol–water partition coefficient (Wildman–Crippen LogP) is 4.02. The number of benzene rings is 2. The van der Waals surface area contributed by atoms with E-state index in [0.717, 1.165) is 19.4 Å². The molecule has 0 aliphatic rings. The van der Waals surface area contributed by atoms with Gasteiger partial charge in [0.15, 0.2) is 0 Å². The fourth-order valence-electron chi connectivity index (χ4n) is 2.15. The van der Waals surface area contributed by atoms with Crippen molar-refractivity contribution in [1.82, 2.24) is 4.90 Å². The second-order valence-corrected chi connectivity index (χ2v) is 5.30. The first-order valence-corrected chi connectivity index (χ1v) is 7.02. The van der Waals surface area contributed by atoms with Gasteiger partial charge in [-0.15, -0.1) is 0 Å². The Morgan fingerprint density at radius 3 is 1.63 bits per heavy atom. The van der Waals surface area contributed by atoms with Crippen molar-refractivity contribution in [3.63, 3.8) is 0 Å². The van der Waals surface area contributed by atoms with Crippen LogP contribution in [-0.2, 0) is 12.8 Å². The number of hydrogen-bond acceptors (Lipinski definition) is 1. The van der Waals surface area contributed by atoms with E-state index in [0.29, 0.717) is 0 Å². The molecule has 0 spiro atoms. The molecule has 0 heterocycles. The number of nitrogens with zero attached hydrogens (tertiary/aromatic N) is 1. The Labute approximate surface area is 116 Å². The molecule has 0 saturated carbocycles. The van der Waals surface area contributed by atoms with E-state index >= 15 is 0 Å². The van der Waals surface area contributed by atoms with Crippen LogP contribution in [0.25, 0.3) is 11.1 Å². The van der Waals surface area contributed by atoms with Gasteiger partial charge in [0.25, 0.3) is 0 Å². The Bertz CT molecular complexity index is 494. The predicted molar refractivity (Wildman–Crippen MR) is 83.5 cm³/mol. The van der Waals surface area contributed by atoms with Gasteiger partial charge in [-0.3, -0.25) is 0 Å². The molecule has 1 heteroatoms. The average Bonchev–Trinajstić information content (AvgIpc) is 2.46. The van der Waals surface area contributed by atoms with Crippen molar-refractivity contribution in [3.8, 4) is 11.1 Å². The Morgan fingerprint density at radius 1 is 0.737 bits per heavy atom. The van der Waals surface area contributed by atoms with Crippen LogP contribution in [-0.4, -0.2) is 25.5 Å². The van der Waals surface area contributed by atoms with E-state index in [1.165, 1.54) is 22.3 Å². The maximum absolute atomic E-state index is 2.24. The first kappa shape index (κ1) is 13.8. The first-order chi connectivity index (χ1) is 9.19. The lowest BCUT2D eigenvalue weighted by Crippen LogP contribution is -2.14. The van der Waals surface area contributed by atoms with Crippen LogP contribution in [0.15, 0.2) is 48.5 Å². The molecule has 0 atom stereocenters. The zero-order valence-electron chi connectivity index (χ0n) is 12.2. The van der Waals surface area contributed by atoms with E-state index in [1.54, 1.807) is 0 Å². The summed E-state index contributed by atoms with van der Waals surface area (Å²) < 4.78 is 0. The molecule has 2 aromatic rings. The zero-order valence-corrected chi connectivity index (χ0v) is 12.2. The highest BCUT2D eigenvalue weighted by Gasteiger charge is 1.99. The normalized spacial score (nSPS) is 10.9. The third kappa shape index (κ3) is 3.93. The van der Waals surface area contributed by atoms with Crippen LogP contribution in [0.1, 0.15) is 18.1 Å². The van der Waals surface area contributed by atoms with Gasteiger partial charge in [-0.05, 0) is 49.2 Å². The molecular formula is C18H23N. The molecule has 100 valence electrons. The number of aryl methyl sites for hydroxylation is 1. The molecule has 0 unspecified atom stereocenters. The van der Waals surface area contributed by atoms with Gasteiger partial charge in [-0.1, -0.05) is 55.5 Å². The summed E-state index contributed by atoms with van der Waals surface area (Å²) in [4.78, 5) is 2.22. The summed E-state index contributed by atoms with van der Waals surface area (Å²) in [6, 6.07) is 17.8. The molecular weight excluding hydrogens is 230 g/mol. The molecule has 19 heavy (non-hydrogen) atoms. The fourth-order valence-corrected chi connectivity index (χ4v) is 2.15. The van der Waals surface area contributed by atoms with Crippen molar-refractivity contribution in [2.45, 2.75) is 19.8 Å². The molecule has 0 aromatic heterocycles. The Balaban J connectivity index is 2.08. The van der Waals surface area contributed by atoms with Crippen LogP contribution in [0.5, 0.6) is 0 Å². The molecule has 0 saturated heterocycles. The lowest BCUT2D eigenvalue weighted by molar-refractivity contribution is 0.413. The van der Waals surface area contributed by atoms with E-state index in [2.05, 4.69) is 74.4 Å². The molecule has 0 bridgehead atoms. The number of rotatable bonds is 5. The van der Waals surface area contributed by atoms with E-state index in [-0.39, 0.29) is 0 Å². The van der Waals surface area contributed by atoms with Crippen LogP contribution in [0, 0.1) is 0 Å². The van der Waals surface area contributed by atoms with Crippen molar-refractivity contribution in [1.29, 1.82) is 0 Å². The van der Waals surface area contributed by atoms with E-state index < -0.39 is 0 Å². The minimum absolute atomic E-state index is 1.10. The first-order valence-electron chi connectivity index (χ1n) is 7.02. The van der Waals surface area contributed by atoms with Gasteiger partial charge >= 0.3 is 0 Å². The highest BCUT2D eigenvalue weighted by molar-refractivity contribution is 5.63. The number of likely N-dealkylation sites (N-methyl/N-ethyl adjacent to an activating group) is 1. The van der Waals surface area contributed by atoms with Gasteiger partial charge in [-0.25, -0.2) is 0 Å². The molecule has 2 rings (SSSR count). The van der Waals surface area contributed by atoms with Gasteiger partial charge in [0, 0.05) is 6.54 Å². The molecule has 0 amide bonds. The van der Waals surface area contributed by atoms with Gasteiger partial charge in [0.2, 0.25) is 0 Å². The van der Waals surface area contributed by atoms with Crippen LogP contribution in [0.3, 0.4) is 0 Å². The summed E-state index contributed by atoms with van der Waals surface area (Å²) >= 11 is 0. The summed E-state index contributed by atoms with van der Waals surface area (Å²) in [7, 11) is 4.23. The second kappa shape index (κ2) is 6.53. The molecule has 0 fully saturated rings. The van der Waals surface area contributed by atoms with Crippen LogP contribution in [0.2, 0.25) is 0 Å². The number of hydrogen-bond donors (Lipinski definition) is 0. The van der Waals surface area contributed by atoms with Crippen molar-refractivity contribution in [2.75, 3.05) is 20.6 Å². The topological polar surface area (TPSA) is 3.24 Å². The average molecular weight is 253 g/mol. The highest BCUT2D eigenvalue weighted by Crippen LogP contribution is 2.20. The van der Waals surface area contributed by atoms with Crippen molar-refractivity contribution < 1.29 is 0 Å². The summed E-state index contributed by atoms with van der Waals surface area (Å²) in [5, 5.41) is 0. The largest absolute Gasteiger partial charge is 0.309 e. The van der Waals surface area contributed by atoms with E-state index in [1.807, 2.05) is 0 Å². The fraction of sp³-hybridized carbons (Fsp3) is 0.333. The van der Waals surface area contributed by atoms with Gasteiger partial charge in [0.1, 0.15) is 0 Å².